The first-order valence-electron chi connectivity index (χ1n) is 6.69. The lowest BCUT2D eigenvalue weighted by Gasteiger charge is -2.07. The number of aryl methyl sites for hydroxylation is 2. The molecule has 20 heavy (non-hydrogen) atoms. The Morgan fingerprint density at radius 3 is 2.50 bits per heavy atom. The van der Waals surface area contributed by atoms with Gasteiger partial charge in [0.25, 0.3) is 0 Å². The number of rotatable bonds is 3. The molecule has 0 saturated carbocycles. The second-order valence-electron chi connectivity index (χ2n) is 5.02. The second-order valence-corrected chi connectivity index (χ2v) is 5.42. The third-order valence-corrected chi connectivity index (χ3v) is 4.07. The summed E-state index contributed by atoms with van der Waals surface area (Å²) in [6, 6.07) is 11.1. The average Bonchev–Trinajstić information content (AvgIpc) is 2.93. The molecule has 0 atom stereocenters. The first-order chi connectivity index (χ1) is 9.69. The highest BCUT2D eigenvalue weighted by molar-refractivity contribution is 6.32. The van der Waals surface area contributed by atoms with Crippen molar-refractivity contribution in [2.24, 2.45) is 0 Å². The number of benzene rings is 2. The molecule has 1 aliphatic rings. The van der Waals surface area contributed by atoms with Gasteiger partial charge >= 0.3 is 0 Å². The van der Waals surface area contributed by atoms with Gasteiger partial charge in [-0.05, 0) is 54.7 Å². The summed E-state index contributed by atoms with van der Waals surface area (Å²) in [7, 11) is 1.56. The van der Waals surface area contributed by atoms with Crippen molar-refractivity contribution in [1.29, 1.82) is 0 Å². The highest BCUT2D eigenvalue weighted by Crippen LogP contribution is 2.27. The first-order valence-corrected chi connectivity index (χ1v) is 7.07. The molecule has 0 saturated heterocycles. The van der Waals surface area contributed by atoms with Crippen molar-refractivity contribution in [3.05, 3.63) is 63.7 Å². The van der Waals surface area contributed by atoms with Crippen molar-refractivity contribution >= 4 is 17.4 Å². The van der Waals surface area contributed by atoms with Crippen molar-refractivity contribution in [1.82, 2.24) is 0 Å². The maximum atomic E-state index is 12.5. The van der Waals surface area contributed by atoms with E-state index in [-0.39, 0.29) is 5.78 Å². The second kappa shape index (κ2) is 5.29. The zero-order valence-electron chi connectivity index (χ0n) is 11.3. The van der Waals surface area contributed by atoms with Crippen LogP contribution in [0.2, 0.25) is 5.02 Å². The minimum absolute atomic E-state index is 0.00394. The number of ether oxygens (including phenoxy) is 1. The number of hydrogen-bond donors (Lipinski definition) is 0. The largest absolute Gasteiger partial charge is 0.495 e. The molecule has 0 heterocycles. The Kier molecular flexibility index (Phi) is 3.49. The summed E-state index contributed by atoms with van der Waals surface area (Å²) in [4.78, 5) is 12.5. The Morgan fingerprint density at radius 1 is 1.05 bits per heavy atom. The summed E-state index contributed by atoms with van der Waals surface area (Å²) < 4.78 is 5.10. The van der Waals surface area contributed by atoms with E-state index in [1.807, 2.05) is 12.1 Å². The van der Waals surface area contributed by atoms with E-state index in [1.54, 1.807) is 25.3 Å². The van der Waals surface area contributed by atoms with Crippen LogP contribution in [0.4, 0.5) is 0 Å². The van der Waals surface area contributed by atoms with Gasteiger partial charge in [-0.1, -0.05) is 23.7 Å². The lowest BCUT2D eigenvalue weighted by atomic mass is 9.99. The van der Waals surface area contributed by atoms with Crippen LogP contribution in [-0.4, -0.2) is 12.9 Å². The van der Waals surface area contributed by atoms with Crippen LogP contribution >= 0.6 is 11.6 Å². The molecule has 2 nitrogen and oxygen atoms in total. The van der Waals surface area contributed by atoms with E-state index >= 15 is 0 Å². The Morgan fingerprint density at radius 2 is 1.75 bits per heavy atom. The van der Waals surface area contributed by atoms with Crippen LogP contribution in [-0.2, 0) is 12.8 Å². The molecule has 3 rings (SSSR count). The average molecular weight is 287 g/mol. The van der Waals surface area contributed by atoms with Crippen LogP contribution in [0.15, 0.2) is 36.4 Å². The van der Waals surface area contributed by atoms with Gasteiger partial charge in [0.15, 0.2) is 5.78 Å². The molecule has 2 aromatic rings. The Hall–Kier alpha value is -1.80. The first kappa shape index (κ1) is 13.2. The van der Waals surface area contributed by atoms with Crippen LogP contribution in [0.5, 0.6) is 5.75 Å². The van der Waals surface area contributed by atoms with Gasteiger partial charge in [-0.3, -0.25) is 4.79 Å². The number of ketones is 1. The maximum Gasteiger partial charge on any atom is 0.193 e. The van der Waals surface area contributed by atoms with Gasteiger partial charge in [-0.15, -0.1) is 0 Å². The summed E-state index contributed by atoms with van der Waals surface area (Å²) >= 11 is 6.08. The van der Waals surface area contributed by atoms with E-state index in [2.05, 4.69) is 6.07 Å². The van der Waals surface area contributed by atoms with Crippen molar-refractivity contribution < 1.29 is 9.53 Å². The molecule has 0 spiro atoms. The molecule has 0 unspecified atom stereocenters. The zero-order valence-corrected chi connectivity index (χ0v) is 12.0. The van der Waals surface area contributed by atoms with Gasteiger partial charge in [0, 0.05) is 11.1 Å². The molecule has 0 amide bonds. The van der Waals surface area contributed by atoms with Gasteiger partial charge in [0.2, 0.25) is 0 Å². The monoisotopic (exact) mass is 286 g/mol. The fourth-order valence-electron chi connectivity index (χ4n) is 2.69. The normalized spacial score (nSPS) is 13.1. The van der Waals surface area contributed by atoms with E-state index in [9.17, 15) is 4.79 Å². The van der Waals surface area contributed by atoms with Crippen LogP contribution in [0.3, 0.4) is 0 Å². The van der Waals surface area contributed by atoms with E-state index in [0.29, 0.717) is 16.3 Å². The third kappa shape index (κ3) is 2.32. The van der Waals surface area contributed by atoms with Gasteiger partial charge in [0.1, 0.15) is 5.75 Å². The molecule has 0 bridgehead atoms. The zero-order chi connectivity index (χ0) is 14.1. The lowest BCUT2D eigenvalue weighted by Crippen LogP contribution is -2.02. The molecule has 0 fully saturated rings. The van der Waals surface area contributed by atoms with Crippen molar-refractivity contribution in [3.63, 3.8) is 0 Å². The number of fused-ring (bicyclic) bond motifs is 1. The van der Waals surface area contributed by atoms with Crippen LogP contribution in [0.1, 0.15) is 33.5 Å². The summed E-state index contributed by atoms with van der Waals surface area (Å²) in [5, 5.41) is 0.458. The predicted molar refractivity (Wildman–Crippen MR) is 79.9 cm³/mol. The molecule has 3 heteroatoms. The quantitative estimate of drug-likeness (QED) is 0.795. The van der Waals surface area contributed by atoms with Gasteiger partial charge in [-0.25, -0.2) is 0 Å². The highest BCUT2D eigenvalue weighted by Gasteiger charge is 2.16. The number of hydrogen-bond acceptors (Lipinski definition) is 2. The fourth-order valence-corrected chi connectivity index (χ4v) is 2.95. The lowest BCUT2D eigenvalue weighted by molar-refractivity contribution is 0.103. The van der Waals surface area contributed by atoms with Crippen molar-refractivity contribution in [2.75, 3.05) is 7.11 Å². The molecule has 0 radical (unpaired) electrons. The van der Waals surface area contributed by atoms with Crippen molar-refractivity contribution in [2.45, 2.75) is 19.3 Å². The van der Waals surface area contributed by atoms with Gasteiger partial charge in [0.05, 0.1) is 12.1 Å². The van der Waals surface area contributed by atoms with Gasteiger partial charge in [-0.2, -0.15) is 0 Å². The van der Waals surface area contributed by atoms with Gasteiger partial charge < -0.3 is 4.74 Å². The van der Waals surface area contributed by atoms with Crippen LogP contribution < -0.4 is 4.74 Å². The summed E-state index contributed by atoms with van der Waals surface area (Å²) in [6.07, 6.45) is 3.37. The van der Waals surface area contributed by atoms with E-state index in [4.69, 9.17) is 16.3 Å². The molecule has 0 aliphatic heterocycles. The topological polar surface area (TPSA) is 26.3 Å². The number of halogens is 1. The predicted octanol–water partition coefficient (Wildman–Crippen LogP) is 4.07. The minimum Gasteiger partial charge on any atom is -0.495 e. The van der Waals surface area contributed by atoms with Crippen molar-refractivity contribution in [3.8, 4) is 5.75 Å². The Bertz CT molecular complexity index is 677. The van der Waals surface area contributed by atoms with Crippen LogP contribution in [0, 0.1) is 0 Å². The standard InChI is InChI=1S/C17H15ClO2/c1-20-16-8-7-14(10-15(16)18)17(19)13-6-5-11-3-2-4-12(11)9-13/h5-10H,2-4H2,1H3. The number of methoxy groups -OCH3 is 1. The van der Waals surface area contributed by atoms with E-state index in [1.165, 1.54) is 17.5 Å². The fraction of sp³-hybridized carbons (Fsp3) is 0.235. The smallest absolute Gasteiger partial charge is 0.193 e. The van der Waals surface area contributed by atoms with E-state index in [0.717, 1.165) is 18.4 Å². The number of carbonyl (C=O) groups excluding carboxylic acids is 1. The summed E-state index contributed by atoms with van der Waals surface area (Å²) in [5.41, 5.74) is 3.99. The number of carbonyl (C=O) groups is 1. The van der Waals surface area contributed by atoms with E-state index < -0.39 is 0 Å². The Balaban J connectivity index is 1.94. The molecule has 2 aromatic carbocycles. The maximum absolute atomic E-state index is 12.5. The molecule has 0 N–H and O–H groups in total. The third-order valence-electron chi connectivity index (χ3n) is 3.77. The summed E-state index contributed by atoms with van der Waals surface area (Å²) in [5.74, 6) is 0.585. The Labute approximate surface area is 123 Å². The molecule has 102 valence electrons. The molecular weight excluding hydrogens is 272 g/mol. The highest BCUT2D eigenvalue weighted by atomic mass is 35.5. The SMILES string of the molecule is COc1ccc(C(=O)c2ccc3c(c2)CCC3)cc1Cl. The molecular formula is C17H15ClO2. The minimum atomic E-state index is 0.00394. The molecule has 0 aromatic heterocycles. The van der Waals surface area contributed by atoms with Crippen LogP contribution in [0.25, 0.3) is 0 Å². The molecule has 1 aliphatic carbocycles. The summed E-state index contributed by atoms with van der Waals surface area (Å²) in [6.45, 7) is 0.